The second kappa shape index (κ2) is 6.56. The Kier molecular flexibility index (Phi) is 4.71. The first-order valence-electron chi connectivity index (χ1n) is 9.14. The Bertz CT molecular complexity index is 690. The summed E-state index contributed by atoms with van der Waals surface area (Å²) in [4.78, 5) is 24.6. The van der Waals surface area contributed by atoms with E-state index in [4.69, 9.17) is 4.74 Å². The lowest BCUT2D eigenvalue weighted by molar-refractivity contribution is -0.121. The van der Waals surface area contributed by atoms with E-state index in [1.165, 1.54) is 12.1 Å². The maximum Gasteiger partial charge on any atom is 0.408 e. The van der Waals surface area contributed by atoms with Gasteiger partial charge in [-0.05, 0) is 76.1 Å². The van der Waals surface area contributed by atoms with Crippen molar-refractivity contribution in [1.82, 2.24) is 5.32 Å². The standard InChI is InChI=1S/C20H27FN2O3/c1-12(17(24)22-15-7-5-14(21)6-8-15)16-11-20(9-13(16)10-20)23-18(25)26-19(2,3)4/h5-8,12-13,16H,9-11H2,1-4H3,(H,22,24)(H,23,25)/t12-,13?,16-,20?/m0/s1. The molecule has 1 aromatic carbocycles. The molecule has 0 heterocycles. The maximum absolute atomic E-state index is 13.0. The van der Waals surface area contributed by atoms with Gasteiger partial charge in [-0.2, -0.15) is 0 Å². The number of anilines is 1. The highest BCUT2D eigenvalue weighted by atomic mass is 19.1. The molecule has 2 N–H and O–H groups in total. The summed E-state index contributed by atoms with van der Waals surface area (Å²) in [7, 11) is 0. The molecule has 6 heteroatoms. The van der Waals surface area contributed by atoms with E-state index < -0.39 is 5.60 Å². The van der Waals surface area contributed by atoms with Crippen LogP contribution in [0.4, 0.5) is 14.9 Å². The van der Waals surface area contributed by atoms with Gasteiger partial charge in [0.1, 0.15) is 11.4 Å². The molecule has 0 aliphatic heterocycles. The van der Waals surface area contributed by atoms with Gasteiger partial charge in [0.05, 0.1) is 0 Å². The predicted molar refractivity (Wildman–Crippen MR) is 97.1 cm³/mol. The molecule has 4 rings (SSSR count). The van der Waals surface area contributed by atoms with Gasteiger partial charge in [-0.1, -0.05) is 6.92 Å². The van der Waals surface area contributed by atoms with Crippen molar-refractivity contribution in [2.45, 2.75) is 58.1 Å². The molecule has 3 fully saturated rings. The molecule has 0 unspecified atom stereocenters. The third-order valence-corrected chi connectivity index (χ3v) is 5.47. The molecule has 0 radical (unpaired) electrons. The number of hydrogen-bond acceptors (Lipinski definition) is 3. The summed E-state index contributed by atoms with van der Waals surface area (Å²) in [5.74, 6) is 0.101. The first-order valence-corrected chi connectivity index (χ1v) is 9.14. The zero-order valence-electron chi connectivity index (χ0n) is 15.8. The van der Waals surface area contributed by atoms with Crippen LogP contribution in [-0.2, 0) is 9.53 Å². The zero-order chi connectivity index (χ0) is 19.1. The Labute approximate surface area is 153 Å². The molecular weight excluding hydrogens is 335 g/mol. The summed E-state index contributed by atoms with van der Waals surface area (Å²) in [5.41, 5.74) is -0.165. The van der Waals surface area contributed by atoms with Crippen LogP contribution in [0.3, 0.4) is 0 Å². The molecule has 26 heavy (non-hydrogen) atoms. The van der Waals surface area contributed by atoms with Crippen molar-refractivity contribution in [3.63, 3.8) is 0 Å². The van der Waals surface area contributed by atoms with Gasteiger partial charge in [0.15, 0.2) is 0 Å². The summed E-state index contributed by atoms with van der Waals surface area (Å²) >= 11 is 0. The molecule has 1 aromatic rings. The van der Waals surface area contributed by atoms with E-state index in [2.05, 4.69) is 10.6 Å². The molecule has 3 aliphatic carbocycles. The number of amides is 2. The summed E-state index contributed by atoms with van der Waals surface area (Å²) in [6, 6.07) is 5.76. The highest BCUT2D eigenvalue weighted by Gasteiger charge is 2.58. The topological polar surface area (TPSA) is 67.4 Å². The maximum atomic E-state index is 13.0. The lowest BCUT2D eigenvalue weighted by Gasteiger charge is -2.39. The zero-order valence-corrected chi connectivity index (χ0v) is 15.8. The van der Waals surface area contributed by atoms with Crippen molar-refractivity contribution in [3.8, 4) is 0 Å². The molecular formula is C20H27FN2O3. The minimum atomic E-state index is -0.524. The Hall–Kier alpha value is -2.11. The van der Waals surface area contributed by atoms with Gasteiger partial charge in [-0.25, -0.2) is 9.18 Å². The van der Waals surface area contributed by atoms with Gasteiger partial charge >= 0.3 is 6.09 Å². The van der Waals surface area contributed by atoms with Crippen LogP contribution in [0, 0.1) is 23.6 Å². The molecule has 0 aromatic heterocycles. The number of ether oxygens (including phenoxy) is 1. The molecule has 2 amide bonds. The van der Waals surface area contributed by atoms with Crippen molar-refractivity contribution in [2.24, 2.45) is 17.8 Å². The molecule has 0 spiro atoms. The van der Waals surface area contributed by atoms with Crippen molar-refractivity contribution < 1.29 is 18.7 Å². The number of carbonyl (C=O) groups excluding carboxylic acids is 2. The van der Waals surface area contributed by atoms with Crippen LogP contribution in [-0.4, -0.2) is 23.1 Å². The first kappa shape index (κ1) is 18.7. The fraction of sp³-hybridized carbons (Fsp3) is 0.600. The average Bonchev–Trinajstić information content (AvgIpc) is 3.01. The van der Waals surface area contributed by atoms with Gasteiger partial charge in [-0.3, -0.25) is 4.79 Å². The highest BCUT2D eigenvalue weighted by Crippen LogP contribution is 2.57. The Morgan fingerprint density at radius 2 is 1.81 bits per heavy atom. The van der Waals surface area contributed by atoms with E-state index >= 15 is 0 Å². The minimum absolute atomic E-state index is 0.0680. The molecule has 3 saturated carbocycles. The van der Waals surface area contributed by atoms with Gasteiger partial charge in [0, 0.05) is 17.1 Å². The monoisotopic (exact) mass is 362 g/mol. The molecule has 3 aliphatic rings. The molecule has 5 nitrogen and oxygen atoms in total. The molecule has 142 valence electrons. The first-order chi connectivity index (χ1) is 12.1. The third kappa shape index (κ3) is 4.00. The number of alkyl carbamates (subject to hydrolysis) is 1. The average molecular weight is 362 g/mol. The van der Waals surface area contributed by atoms with Crippen LogP contribution >= 0.6 is 0 Å². The van der Waals surface area contributed by atoms with Crippen molar-refractivity contribution in [2.75, 3.05) is 5.32 Å². The number of nitrogens with one attached hydrogen (secondary N) is 2. The summed E-state index contributed by atoms with van der Waals surface area (Å²) < 4.78 is 18.3. The lowest BCUT2D eigenvalue weighted by Crippen LogP contribution is -2.53. The van der Waals surface area contributed by atoms with E-state index in [0.29, 0.717) is 11.6 Å². The van der Waals surface area contributed by atoms with E-state index in [1.807, 2.05) is 27.7 Å². The largest absolute Gasteiger partial charge is 0.444 e. The van der Waals surface area contributed by atoms with Gasteiger partial charge in [0.25, 0.3) is 0 Å². The smallest absolute Gasteiger partial charge is 0.408 e. The molecule has 0 saturated heterocycles. The lowest BCUT2D eigenvalue weighted by atomic mass is 9.75. The molecule has 2 atom stereocenters. The van der Waals surface area contributed by atoms with Gasteiger partial charge in [-0.15, -0.1) is 0 Å². The van der Waals surface area contributed by atoms with E-state index in [1.54, 1.807) is 12.1 Å². The Morgan fingerprint density at radius 1 is 1.19 bits per heavy atom. The number of carbonyl (C=O) groups is 2. The van der Waals surface area contributed by atoms with Crippen LogP contribution in [0.15, 0.2) is 24.3 Å². The quantitative estimate of drug-likeness (QED) is 0.848. The normalized spacial score (nSPS) is 28.0. The van der Waals surface area contributed by atoms with Crippen molar-refractivity contribution >= 4 is 17.7 Å². The Morgan fingerprint density at radius 3 is 2.38 bits per heavy atom. The van der Waals surface area contributed by atoms with E-state index in [0.717, 1.165) is 19.3 Å². The number of hydrogen-bond donors (Lipinski definition) is 2. The second-order valence-electron chi connectivity index (χ2n) is 8.73. The summed E-state index contributed by atoms with van der Waals surface area (Å²) in [6.45, 7) is 7.44. The van der Waals surface area contributed by atoms with Crippen molar-refractivity contribution in [3.05, 3.63) is 30.1 Å². The number of fused-ring (bicyclic) bond motifs is 1. The number of benzene rings is 1. The van der Waals surface area contributed by atoms with Crippen LogP contribution in [0.25, 0.3) is 0 Å². The third-order valence-electron chi connectivity index (χ3n) is 5.47. The summed E-state index contributed by atoms with van der Waals surface area (Å²) in [5, 5.41) is 5.87. The fourth-order valence-electron chi connectivity index (χ4n) is 4.27. The van der Waals surface area contributed by atoms with E-state index in [9.17, 15) is 14.0 Å². The van der Waals surface area contributed by atoms with Gasteiger partial charge < -0.3 is 15.4 Å². The number of halogens is 1. The van der Waals surface area contributed by atoms with Crippen LogP contribution in [0.2, 0.25) is 0 Å². The predicted octanol–water partition coefficient (Wildman–Crippen LogP) is 4.09. The number of rotatable bonds is 4. The second-order valence-corrected chi connectivity index (χ2v) is 8.73. The SMILES string of the molecule is C[C@H](C(=O)Nc1ccc(F)cc1)[C@@H]1CC2(NC(=O)OC(C)(C)C)CC1C2. The highest BCUT2D eigenvalue weighted by molar-refractivity contribution is 5.92. The fourth-order valence-corrected chi connectivity index (χ4v) is 4.27. The minimum Gasteiger partial charge on any atom is -0.444 e. The molecule has 2 bridgehead atoms. The van der Waals surface area contributed by atoms with Crippen LogP contribution in [0.1, 0.15) is 47.0 Å². The van der Waals surface area contributed by atoms with Crippen molar-refractivity contribution in [1.29, 1.82) is 0 Å². The Balaban J connectivity index is 1.55. The van der Waals surface area contributed by atoms with E-state index in [-0.39, 0.29) is 35.2 Å². The van der Waals surface area contributed by atoms with Crippen LogP contribution < -0.4 is 10.6 Å². The van der Waals surface area contributed by atoms with Crippen LogP contribution in [0.5, 0.6) is 0 Å². The summed E-state index contributed by atoms with van der Waals surface area (Å²) in [6.07, 6.45) is 2.19. The van der Waals surface area contributed by atoms with Gasteiger partial charge in [0.2, 0.25) is 5.91 Å².